The van der Waals surface area contributed by atoms with Crippen LogP contribution in [0.5, 0.6) is 5.75 Å². The van der Waals surface area contributed by atoms with Crippen LogP contribution in [0.15, 0.2) is 77.7 Å². The maximum Gasteiger partial charge on any atom is 0.573 e. The Bertz CT molecular complexity index is 1280. The lowest BCUT2D eigenvalue weighted by Gasteiger charge is -2.16. The number of carbonyl (C=O) groups is 1. The summed E-state index contributed by atoms with van der Waals surface area (Å²) in [6, 6.07) is 18.0. The van der Waals surface area contributed by atoms with Gasteiger partial charge in [-0.05, 0) is 61.1 Å². The molecule has 35 heavy (non-hydrogen) atoms. The van der Waals surface area contributed by atoms with Gasteiger partial charge in [-0.15, -0.1) is 13.2 Å². The molecule has 0 bridgehead atoms. The lowest BCUT2D eigenvalue weighted by atomic mass is 9.99. The second-order valence-corrected chi connectivity index (χ2v) is 9.43. The molecular weight excluding hydrogens is 483 g/mol. The number of sulfonamides is 1. The van der Waals surface area contributed by atoms with Crippen LogP contribution in [0, 0.1) is 0 Å². The topological polar surface area (TPSA) is 92.7 Å². The molecule has 0 amide bonds. The van der Waals surface area contributed by atoms with Gasteiger partial charge in [0.05, 0.1) is 11.3 Å². The number of carboxylic acid groups (broad SMARTS) is 1. The Kier molecular flexibility index (Phi) is 8.39. The van der Waals surface area contributed by atoms with Crippen LogP contribution in [0.3, 0.4) is 0 Å². The van der Waals surface area contributed by atoms with E-state index < -0.39 is 33.0 Å². The normalized spacial score (nSPS) is 11.7. The number of aromatic carboxylic acids is 1. The molecule has 3 aromatic carbocycles. The third-order valence-electron chi connectivity index (χ3n) is 5.27. The fourth-order valence-corrected chi connectivity index (χ4v) is 4.90. The van der Waals surface area contributed by atoms with E-state index in [1.54, 1.807) is 48.5 Å². The number of anilines is 1. The van der Waals surface area contributed by atoms with Crippen LogP contribution in [0.4, 0.5) is 18.9 Å². The van der Waals surface area contributed by atoms with E-state index in [1.165, 1.54) is 12.1 Å². The molecule has 186 valence electrons. The van der Waals surface area contributed by atoms with Crippen molar-refractivity contribution in [2.45, 2.75) is 43.4 Å². The third kappa shape index (κ3) is 7.48. The van der Waals surface area contributed by atoms with Gasteiger partial charge in [-0.25, -0.2) is 13.2 Å². The Labute approximate surface area is 201 Å². The predicted octanol–water partition coefficient (Wildman–Crippen LogP) is 6.04. The maximum absolute atomic E-state index is 12.9. The Balaban J connectivity index is 1.65. The summed E-state index contributed by atoms with van der Waals surface area (Å²) >= 11 is 0. The first-order valence-electron chi connectivity index (χ1n) is 10.8. The first-order valence-corrected chi connectivity index (χ1v) is 12.3. The Morgan fingerprint density at radius 3 is 2.09 bits per heavy atom. The molecule has 0 radical (unpaired) electrons. The van der Waals surface area contributed by atoms with Crippen molar-refractivity contribution in [3.8, 4) is 5.75 Å². The van der Waals surface area contributed by atoms with Crippen molar-refractivity contribution < 1.29 is 36.2 Å². The number of aryl methyl sites for hydroxylation is 2. The van der Waals surface area contributed by atoms with Crippen molar-refractivity contribution in [1.82, 2.24) is 0 Å². The Morgan fingerprint density at radius 1 is 0.829 bits per heavy atom. The van der Waals surface area contributed by atoms with E-state index in [-0.39, 0.29) is 11.3 Å². The molecule has 0 aliphatic heterocycles. The van der Waals surface area contributed by atoms with Gasteiger partial charge >= 0.3 is 12.3 Å². The molecule has 0 aromatic heterocycles. The number of alkyl halides is 3. The second kappa shape index (κ2) is 11.3. The highest BCUT2D eigenvalue weighted by atomic mass is 32.2. The molecule has 0 atom stereocenters. The second-order valence-electron chi connectivity index (χ2n) is 7.78. The van der Waals surface area contributed by atoms with Crippen LogP contribution in [0.2, 0.25) is 0 Å². The molecule has 10 heteroatoms. The number of para-hydroxylation sites is 2. The molecule has 0 saturated carbocycles. The zero-order valence-electron chi connectivity index (χ0n) is 18.6. The van der Waals surface area contributed by atoms with Gasteiger partial charge in [0.2, 0.25) is 0 Å². The summed E-state index contributed by atoms with van der Waals surface area (Å²) in [6.45, 7) is 0. The van der Waals surface area contributed by atoms with Crippen molar-refractivity contribution in [1.29, 1.82) is 0 Å². The number of benzene rings is 3. The van der Waals surface area contributed by atoms with Gasteiger partial charge in [-0.1, -0.05) is 55.0 Å². The van der Waals surface area contributed by atoms with Crippen LogP contribution >= 0.6 is 0 Å². The average molecular weight is 508 g/mol. The van der Waals surface area contributed by atoms with E-state index in [2.05, 4.69) is 9.46 Å². The lowest BCUT2D eigenvalue weighted by Crippen LogP contribution is -2.21. The third-order valence-corrected chi connectivity index (χ3v) is 6.67. The number of hydrogen-bond acceptors (Lipinski definition) is 4. The molecule has 0 unspecified atom stereocenters. The van der Waals surface area contributed by atoms with Crippen LogP contribution in [0.1, 0.15) is 40.7 Å². The van der Waals surface area contributed by atoms with Crippen LogP contribution < -0.4 is 9.46 Å². The first-order chi connectivity index (χ1) is 16.6. The van der Waals surface area contributed by atoms with E-state index in [4.69, 9.17) is 0 Å². The van der Waals surface area contributed by atoms with Crippen molar-refractivity contribution in [2.24, 2.45) is 0 Å². The van der Waals surface area contributed by atoms with Gasteiger partial charge in [0.1, 0.15) is 10.6 Å². The van der Waals surface area contributed by atoms with Crippen molar-refractivity contribution >= 4 is 21.7 Å². The van der Waals surface area contributed by atoms with E-state index >= 15 is 0 Å². The van der Waals surface area contributed by atoms with Crippen molar-refractivity contribution in [2.75, 3.05) is 4.72 Å². The van der Waals surface area contributed by atoms with Crippen molar-refractivity contribution in [3.63, 3.8) is 0 Å². The van der Waals surface area contributed by atoms with Gasteiger partial charge < -0.3 is 9.84 Å². The number of carboxylic acids is 1. The fraction of sp³-hybridized carbons (Fsp3) is 0.240. The highest BCUT2D eigenvalue weighted by Crippen LogP contribution is 2.31. The van der Waals surface area contributed by atoms with Gasteiger partial charge in [-0.3, -0.25) is 4.72 Å². The largest absolute Gasteiger partial charge is 0.573 e. The molecule has 0 aliphatic carbocycles. The fourth-order valence-electron chi connectivity index (χ4n) is 3.67. The van der Waals surface area contributed by atoms with E-state index in [0.717, 1.165) is 30.5 Å². The van der Waals surface area contributed by atoms with Gasteiger partial charge in [0, 0.05) is 0 Å². The quantitative estimate of drug-likeness (QED) is 0.309. The number of rotatable bonds is 11. The molecule has 2 N–H and O–H groups in total. The van der Waals surface area contributed by atoms with Crippen molar-refractivity contribution in [3.05, 3.63) is 89.5 Å². The summed E-state index contributed by atoms with van der Waals surface area (Å²) in [6.07, 6.45) is -1.67. The van der Waals surface area contributed by atoms with Crippen LogP contribution in [-0.2, 0) is 22.9 Å². The molecule has 0 heterocycles. The zero-order chi connectivity index (χ0) is 25.5. The lowest BCUT2D eigenvalue weighted by molar-refractivity contribution is -0.275. The summed E-state index contributed by atoms with van der Waals surface area (Å²) in [7, 11) is -4.35. The average Bonchev–Trinajstić information content (AvgIpc) is 2.79. The summed E-state index contributed by atoms with van der Waals surface area (Å²) in [5, 5.41) is 9.28. The van der Waals surface area contributed by atoms with E-state index in [1.807, 2.05) is 0 Å². The Morgan fingerprint density at radius 2 is 1.40 bits per heavy atom. The monoisotopic (exact) mass is 507 g/mol. The summed E-state index contributed by atoms with van der Waals surface area (Å²) in [5.74, 6) is -1.78. The van der Waals surface area contributed by atoms with Gasteiger partial charge in [-0.2, -0.15) is 0 Å². The highest BCUT2D eigenvalue weighted by Gasteiger charge is 2.34. The standard InChI is InChI=1S/C25H24F3NO5S/c26-25(27,28)34-22-16-8-9-17-23(22)35(32,33)29-21-15-7-5-13-19(21)12-3-1-2-10-18-11-4-6-14-20(18)24(30)31/h4-9,11,13-17,29H,1-3,10,12H2,(H,30,31). The van der Waals surface area contributed by atoms with E-state index in [9.17, 15) is 31.5 Å². The SMILES string of the molecule is O=C(O)c1ccccc1CCCCCc1ccccc1NS(=O)(=O)c1ccccc1OC(F)(F)F. The molecule has 0 spiro atoms. The molecule has 6 nitrogen and oxygen atoms in total. The molecule has 3 rings (SSSR count). The van der Waals surface area contributed by atoms with Crippen LogP contribution in [-0.4, -0.2) is 25.9 Å². The number of unbranched alkanes of at least 4 members (excludes halogenated alkanes) is 2. The minimum atomic E-state index is -5.03. The predicted molar refractivity (Wildman–Crippen MR) is 125 cm³/mol. The van der Waals surface area contributed by atoms with Gasteiger partial charge in [0.15, 0.2) is 0 Å². The summed E-state index contributed by atoms with van der Waals surface area (Å²) < 4.78 is 70.1. The Hall–Kier alpha value is -3.53. The number of nitrogens with one attached hydrogen (secondary N) is 1. The molecular formula is C25H24F3NO5S. The number of halogens is 3. The molecule has 0 fully saturated rings. The minimum absolute atomic E-state index is 0.269. The smallest absolute Gasteiger partial charge is 0.478 e. The molecule has 3 aromatic rings. The summed E-state index contributed by atoms with van der Waals surface area (Å²) in [4.78, 5) is 10.7. The minimum Gasteiger partial charge on any atom is -0.478 e. The van der Waals surface area contributed by atoms with Crippen LogP contribution in [0.25, 0.3) is 0 Å². The highest BCUT2D eigenvalue weighted by molar-refractivity contribution is 7.92. The van der Waals surface area contributed by atoms with E-state index in [0.29, 0.717) is 24.8 Å². The zero-order valence-corrected chi connectivity index (χ0v) is 19.4. The molecule has 0 aliphatic rings. The summed E-state index contributed by atoms with van der Waals surface area (Å²) in [5.41, 5.74) is 2.00. The molecule has 0 saturated heterocycles. The maximum atomic E-state index is 12.9. The number of hydrogen-bond donors (Lipinski definition) is 2. The van der Waals surface area contributed by atoms with Gasteiger partial charge in [0.25, 0.3) is 10.0 Å². The number of ether oxygens (including phenoxy) is 1. The first kappa shape index (κ1) is 26.1.